The van der Waals surface area contributed by atoms with Gasteiger partial charge in [-0.25, -0.2) is 4.98 Å². The number of methoxy groups -OCH3 is 1. The van der Waals surface area contributed by atoms with Gasteiger partial charge in [0.25, 0.3) is 0 Å². The van der Waals surface area contributed by atoms with E-state index in [0.717, 1.165) is 12.2 Å². The van der Waals surface area contributed by atoms with Gasteiger partial charge in [-0.1, -0.05) is 18.5 Å². The zero-order valence-corrected chi connectivity index (χ0v) is 9.98. The number of hydrogen-bond donors (Lipinski definition) is 0. The van der Waals surface area contributed by atoms with Crippen molar-refractivity contribution in [2.24, 2.45) is 5.92 Å². The molecule has 5 nitrogen and oxygen atoms in total. The van der Waals surface area contributed by atoms with E-state index in [0.29, 0.717) is 23.3 Å². The summed E-state index contributed by atoms with van der Waals surface area (Å²) in [5.41, 5.74) is 0.601. The topological polar surface area (TPSA) is 52.3 Å². The first-order chi connectivity index (χ1) is 7.72. The molecule has 0 aromatic carbocycles. The molecule has 16 heavy (non-hydrogen) atoms. The fourth-order valence-electron chi connectivity index (χ4n) is 1.64. The summed E-state index contributed by atoms with van der Waals surface area (Å²) in [4.78, 5) is 3.95. The van der Waals surface area contributed by atoms with Gasteiger partial charge in [0.15, 0.2) is 10.8 Å². The van der Waals surface area contributed by atoms with Crippen LogP contribution in [0.3, 0.4) is 0 Å². The highest BCUT2D eigenvalue weighted by Gasteiger charge is 2.11. The van der Waals surface area contributed by atoms with Gasteiger partial charge in [0.2, 0.25) is 0 Å². The van der Waals surface area contributed by atoms with Crippen LogP contribution >= 0.6 is 11.6 Å². The normalized spacial score (nSPS) is 13.2. The van der Waals surface area contributed by atoms with Crippen molar-refractivity contribution in [3.05, 3.63) is 23.4 Å². The summed E-state index contributed by atoms with van der Waals surface area (Å²) >= 11 is 5.91. The number of ether oxygens (including phenoxy) is 1. The molecule has 2 aromatic heterocycles. The van der Waals surface area contributed by atoms with E-state index in [1.807, 2.05) is 10.6 Å². The minimum atomic E-state index is 0.376. The van der Waals surface area contributed by atoms with Crippen molar-refractivity contribution in [1.29, 1.82) is 0 Å². The van der Waals surface area contributed by atoms with E-state index in [9.17, 15) is 0 Å². The van der Waals surface area contributed by atoms with Crippen LogP contribution < -0.4 is 0 Å². The minimum Gasteiger partial charge on any atom is -0.384 e. The maximum atomic E-state index is 5.91. The molecule has 2 rings (SSSR count). The van der Waals surface area contributed by atoms with Gasteiger partial charge in [0.05, 0.1) is 0 Å². The third-order valence-electron chi connectivity index (χ3n) is 2.34. The highest BCUT2D eigenvalue weighted by molar-refractivity contribution is 6.32. The number of rotatable bonds is 4. The van der Waals surface area contributed by atoms with Crippen LogP contribution in [-0.4, -0.2) is 33.3 Å². The number of nitrogens with zero attached hydrogens (tertiary/aromatic N) is 4. The molecule has 86 valence electrons. The minimum absolute atomic E-state index is 0.376. The van der Waals surface area contributed by atoms with Crippen molar-refractivity contribution >= 4 is 17.2 Å². The van der Waals surface area contributed by atoms with Crippen LogP contribution in [0.4, 0.5) is 0 Å². The highest BCUT2D eigenvalue weighted by atomic mass is 35.5. The zero-order valence-electron chi connectivity index (χ0n) is 9.22. The molecule has 0 aliphatic heterocycles. The molecule has 0 spiro atoms. The van der Waals surface area contributed by atoms with E-state index in [1.54, 1.807) is 13.3 Å². The Labute approximate surface area is 98.4 Å². The van der Waals surface area contributed by atoms with Crippen molar-refractivity contribution in [3.63, 3.8) is 0 Å². The van der Waals surface area contributed by atoms with Crippen LogP contribution in [-0.2, 0) is 11.2 Å². The smallest absolute Gasteiger partial charge is 0.198 e. The first-order valence-corrected chi connectivity index (χ1v) is 5.43. The highest BCUT2D eigenvalue weighted by Crippen LogP contribution is 2.14. The average Bonchev–Trinajstić information content (AvgIpc) is 2.64. The summed E-state index contributed by atoms with van der Waals surface area (Å²) in [7, 11) is 1.69. The van der Waals surface area contributed by atoms with E-state index in [1.165, 1.54) is 0 Å². The van der Waals surface area contributed by atoms with Crippen molar-refractivity contribution in [2.75, 3.05) is 13.7 Å². The molecule has 0 amide bonds. The molecule has 1 atom stereocenters. The molecule has 0 bridgehead atoms. The Bertz CT molecular complexity index is 485. The van der Waals surface area contributed by atoms with Gasteiger partial charge < -0.3 is 4.74 Å². The standard InChI is InChI=1S/C10H13ClN4O/c1-7(6-16-2)5-8-13-14-10-9(11)12-3-4-15(8)10/h3-4,7H,5-6H2,1-2H3. The van der Waals surface area contributed by atoms with Crippen LogP contribution in [0.15, 0.2) is 12.4 Å². The van der Waals surface area contributed by atoms with E-state index in [4.69, 9.17) is 16.3 Å². The van der Waals surface area contributed by atoms with Crippen LogP contribution in [0.25, 0.3) is 5.65 Å². The summed E-state index contributed by atoms with van der Waals surface area (Å²) in [6, 6.07) is 0. The fraction of sp³-hybridized carbons (Fsp3) is 0.500. The summed E-state index contributed by atoms with van der Waals surface area (Å²) in [6.45, 7) is 2.81. The second kappa shape index (κ2) is 4.76. The van der Waals surface area contributed by atoms with E-state index < -0.39 is 0 Å². The lowest BCUT2D eigenvalue weighted by Crippen LogP contribution is -2.09. The van der Waals surface area contributed by atoms with Gasteiger partial charge >= 0.3 is 0 Å². The Morgan fingerprint density at radius 2 is 2.31 bits per heavy atom. The molecule has 0 fully saturated rings. The molecule has 2 aromatic rings. The molecular formula is C10H13ClN4O. The van der Waals surface area contributed by atoms with Gasteiger partial charge in [0, 0.05) is 32.5 Å². The molecule has 0 aliphatic carbocycles. The third-order valence-corrected chi connectivity index (χ3v) is 2.60. The number of aromatic nitrogens is 4. The van der Waals surface area contributed by atoms with Gasteiger partial charge in [0.1, 0.15) is 5.82 Å². The molecular weight excluding hydrogens is 228 g/mol. The molecule has 1 unspecified atom stereocenters. The number of hydrogen-bond acceptors (Lipinski definition) is 4. The largest absolute Gasteiger partial charge is 0.384 e. The second-order valence-corrected chi connectivity index (χ2v) is 4.15. The van der Waals surface area contributed by atoms with Gasteiger partial charge in [-0.15, -0.1) is 10.2 Å². The lowest BCUT2D eigenvalue weighted by atomic mass is 10.1. The van der Waals surface area contributed by atoms with E-state index in [-0.39, 0.29) is 0 Å². The quantitative estimate of drug-likeness (QED) is 0.815. The van der Waals surface area contributed by atoms with Crippen molar-refractivity contribution < 1.29 is 4.74 Å². The van der Waals surface area contributed by atoms with E-state index in [2.05, 4.69) is 22.1 Å². The van der Waals surface area contributed by atoms with Crippen molar-refractivity contribution in [1.82, 2.24) is 19.6 Å². The predicted octanol–water partition coefficient (Wildman–Crippen LogP) is 1.60. The van der Waals surface area contributed by atoms with Crippen LogP contribution in [0.2, 0.25) is 5.15 Å². The first kappa shape index (κ1) is 11.3. The maximum absolute atomic E-state index is 5.91. The zero-order chi connectivity index (χ0) is 11.5. The Balaban J connectivity index is 2.28. The maximum Gasteiger partial charge on any atom is 0.198 e. The predicted molar refractivity (Wildman–Crippen MR) is 60.5 cm³/mol. The van der Waals surface area contributed by atoms with Crippen molar-refractivity contribution in [2.45, 2.75) is 13.3 Å². The summed E-state index contributed by atoms with van der Waals surface area (Å²) in [5, 5.41) is 8.50. The lowest BCUT2D eigenvalue weighted by Gasteiger charge is -2.08. The molecule has 0 saturated carbocycles. The summed E-state index contributed by atoms with van der Waals surface area (Å²) < 4.78 is 6.95. The van der Waals surface area contributed by atoms with Crippen LogP contribution in [0.5, 0.6) is 0 Å². The molecule has 0 saturated heterocycles. The van der Waals surface area contributed by atoms with E-state index >= 15 is 0 Å². The molecule has 6 heteroatoms. The first-order valence-electron chi connectivity index (χ1n) is 5.05. The lowest BCUT2D eigenvalue weighted by molar-refractivity contribution is 0.158. The van der Waals surface area contributed by atoms with Gasteiger partial charge in [-0.05, 0) is 5.92 Å². The molecule has 0 radical (unpaired) electrons. The van der Waals surface area contributed by atoms with Gasteiger partial charge in [-0.2, -0.15) is 0 Å². The number of halogens is 1. The Morgan fingerprint density at radius 1 is 1.50 bits per heavy atom. The SMILES string of the molecule is COCC(C)Cc1nnc2c(Cl)nccn12. The Hall–Kier alpha value is -1.20. The molecule has 0 aliphatic rings. The van der Waals surface area contributed by atoms with Gasteiger partial charge in [-0.3, -0.25) is 4.40 Å². The Morgan fingerprint density at radius 3 is 3.06 bits per heavy atom. The number of fused-ring (bicyclic) bond motifs is 1. The monoisotopic (exact) mass is 240 g/mol. The molecule has 2 heterocycles. The van der Waals surface area contributed by atoms with Crippen LogP contribution in [0, 0.1) is 5.92 Å². The second-order valence-electron chi connectivity index (χ2n) is 3.79. The third kappa shape index (κ3) is 2.15. The average molecular weight is 241 g/mol. The molecule has 0 N–H and O–H groups in total. The van der Waals surface area contributed by atoms with Crippen LogP contribution in [0.1, 0.15) is 12.7 Å². The summed E-state index contributed by atoms with van der Waals surface area (Å²) in [5.74, 6) is 1.27. The van der Waals surface area contributed by atoms with Crippen molar-refractivity contribution in [3.8, 4) is 0 Å². The fourth-order valence-corrected chi connectivity index (χ4v) is 1.82. The summed E-state index contributed by atoms with van der Waals surface area (Å²) in [6.07, 6.45) is 4.26. The Kier molecular flexibility index (Phi) is 3.36.